The molecule has 0 aliphatic heterocycles. The first-order valence-electron chi connectivity index (χ1n) is 9.30. The highest BCUT2D eigenvalue weighted by atomic mass is 19.1. The van der Waals surface area contributed by atoms with E-state index in [9.17, 15) is 14.0 Å². The summed E-state index contributed by atoms with van der Waals surface area (Å²) in [5, 5.41) is 12.3. The van der Waals surface area contributed by atoms with Crippen LogP contribution in [0.4, 0.5) is 4.39 Å². The summed E-state index contributed by atoms with van der Waals surface area (Å²) in [6, 6.07) is 14.1. The summed E-state index contributed by atoms with van der Waals surface area (Å²) < 4.78 is 13.8. The fourth-order valence-electron chi connectivity index (χ4n) is 3.33. The van der Waals surface area contributed by atoms with Crippen LogP contribution < -0.4 is 5.32 Å². The highest BCUT2D eigenvalue weighted by Crippen LogP contribution is 2.31. The predicted molar refractivity (Wildman–Crippen MR) is 106 cm³/mol. The van der Waals surface area contributed by atoms with Crippen LogP contribution in [0.15, 0.2) is 48.5 Å². The Balaban J connectivity index is 1.79. The van der Waals surface area contributed by atoms with Crippen molar-refractivity contribution in [1.29, 1.82) is 0 Å². The van der Waals surface area contributed by atoms with Gasteiger partial charge in [0.1, 0.15) is 5.82 Å². The lowest BCUT2D eigenvalue weighted by atomic mass is 10.0. The van der Waals surface area contributed by atoms with Gasteiger partial charge in [0.2, 0.25) is 5.91 Å². The maximum absolute atomic E-state index is 13.8. The summed E-state index contributed by atoms with van der Waals surface area (Å²) in [5.41, 5.74) is 3.58. The van der Waals surface area contributed by atoms with Crippen LogP contribution >= 0.6 is 0 Å². The van der Waals surface area contributed by atoms with Gasteiger partial charge in [-0.1, -0.05) is 30.3 Å². The van der Waals surface area contributed by atoms with Gasteiger partial charge in [0.05, 0.1) is 0 Å². The molecule has 0 saturated heterocycles. The zero-order valence-electron chi connectivity index (χ0n) is 15.7. The molecule has 3 aromatic rings. The second kappa shape index (κ2) is 8.69. The molecule has 1 atom stereocenters. The van der Waals surface area contributed by atoms with Gasteiger partial charge < -0.3 is 15.4 Å². The monoisotopic (exact) mass is 382 g/mol. The number of benzene rings is 2. The zero-order chi connectivity index (χ0) is 20.1. The van der Waals surface area contributed by atoms with Gasteiger partial charge in [-0.2, -0.15) is 0 Å². The molecule has 0 aliphatic rings. The van der Waals surface area contributed by atoms with Gasteiger partial charge >= 0.3 is 5.97 Å². The number of H-pyrrole nitrogens is 1. The minimum atomic E-state index is -0.880. The van der Waals surface area contributed by atoms with Crippen molar-refractivity contribution in [1.82, 2.24) is 10.3 Å². The van der Waals surface area contributed by atoms with E-state index in [0.717, 1.165) is 27.7 Å². The van der Waals surface area contributed by atoms with E-state index in [1.54, 1.807) is 13.0 Å². The first-order valence-corrected chi connectivity index (χ1v) is 9.30. The van der Waals surface area contributed by atoms with Crippen LogP contribution in [-0.2, 0) is 16.0 Å². The van der Waals surface area contributed by atoms with Gasteiger partial charge in [0.25, 0.3) is 0 Å². The van der Waals surface area contributed by atoms with E-state index < -0.39 is 5.97 Å². The molecule has 3 N–H and O–H groups in total. The van der Waals surface area contributed by atoms with E-state index in [2.05, 4.69) is 10.3 Å². The van der Waals surface area contributed by atoms with Crippen molar-refractivity contribution in [2.24, 2.45) is 0 Å². The lowest BCUT2D eigenvalue weighted by Crippen LogP contribution is -2.33. The Morgan fingerprint density at radius 2 is 1.89 bits per heavy atom. The van der Waals surface area contributed by atoms with Gasteiger partial charge in [0.15, 0.2) is 0 Å². The summed E-state index contributed by atoms with van der Waals surface area (Å²) in [6.45, 7) is 1.79. The number of carboxylic acid groups (broad SMARTS) is 1. The number of aryl methyl sites for hydroxylation is 1. The zero-order valence-corrected chi connectivity index (χ0v) is 15.7. The van der Waals surface area contributed by atoms with Crippen molar-refractivity contribution < 1.29 is 19.1 Å². The lowest BCUT2D eigenvalue weighted by molar-refractivity contribution is -0.137. The predicted octanol–water partition coefficient (Wildman–Crippen LogP) is 4.28. The number of rotatable bonds is 8. The van der Waals surface area contributed by atoms with Crippen LogP contribution in [0.1, 0.15) is 31.7 Å². The molecule has 3 rings (SSSR count). The largest absolute Gasteiger partial charge is 0.481 e. The standard InChI is InChI=1S/C22H23FN2O3/c1-14(7-12-21(27)28)24-20(26)11-9-17-18-13-16(23)8-10-19(18)25-22(17)15-5-3-2-4-6-15/h2-6,8,10,13-14,25H,7,9,11-12H2,1H3,(H,24,26)(H,27,28). The second-order valence-corrected chi connectivity index (χ2v) is 6.94. The van der Waals surface area contributed by atoms with E-state index in [1.807, 2.05) is 30.3 Å². The van der Waals surface area contributed by atoms with Gasteiger partial charge in [-0.05, 0) is 49.1 Å². The molecule has 0 saturated carbocycles. The Labute approximate surface area is 162 Å². The number of halogens is 1. The molecule has 2 aromatic carbocycles. The van der Waals surface area contributed by atoms with Crippen LogP contribution in [0.3, 0.4) is 0 Å². The summed E-state index contributed by atoms with van der Waals surface area (Å²) in [7, 11) is 0. The topological polar surface area (TPSA) is 82.2 Å². The minimum absolute atomic E-state index is 0.0152. The van der Waals surface area contributed by atoms with E-state index in [1.165, 1.54) is 12.1 Å². The number of aliphatic carboxylic acids is 1. The lowest BCUT2D eigenvalue weighted by Gasteiger charge is -2.13. The van der Waals surface area contributed by atoms with E-state index >= 15 is 0 Å². The molecular formula is C22H23FN2O3. The SMILES string of the molecule is CC(CCC(=O)O)NC(=O)CCc1c(-c2ccccc2)[nH]c2ccc(F)cc12. The number of aromatic amines is 1. The molecule has 1 heterocycles. The first kappa shape index (κ1) is 19.6. The van der Waals surface area contributed by atoms with Crippen LogP contribution in [0.25, 0.3) is 22.2 Å². The summed E-state index contributed by atoms with van der Waals surface area (Å²) in [5.74, 6) is -1.35. The summed E-state index contributed by atoms with van der Waals surface area (Å²) >= 11 is 0. The molecule has 1 unspecified atom stereocenters. The minimum Gasteiger partial charge on any atom is -0.481 e. The smallest absolute Gasteiger partial charge is 0.303 e. The van der Waals surface area contributed by atoms with E-state index in [4.69, 9.17) is 5.11 Å². The average molecular weight is 382 g/mol. The molecular weight excluding hydrogens is 359 g/mol. The second-order valence-electron chi connectivity index (χ2n) is 6.94. The Hall–Kier alpha value is -3.15. The fraction of sp³-hybridized carbons (Fsp3) is 0.273. The summed E-state index contributed by atoms with van der Waals surface area (Å²) in [6.07, 6.45) is 1.09. The van der Waals surface area contributed by atoms with Crippen molar-refractivity contribution in [3.05, 3.63) is 59.9 Å². The van der Waals surface area contributed by atoms with Crippen molar-refractivity contribution in [3.8, 4) is 11.3 Å². The maximum Gasteiger partial charge on any atom is 0.303 e. The number of carbonyl (C=O) groups is 2. The number of fused-ring (bicyclic) bond motifs is 1. The van der Waals surface area contributed by atoms with Gasteiger partial charge in [0, 0.05) is 35.5 Å². The molecule has 0 spiro atoms. The van der Waals surface area contributed by atoms with Crippen LogP contribution in [0, 0.1) is 5.82 Å². The number of hydrogen-bond donors (Lipinski definition) is 3. The maximum atomic E-state index is 13.8. The molecule has 146 valence electrons. The molecule has 28 heavy (non-hydrogen) atoms. The Bertz CT molecular complexity index is 982. The number of hydrogen-bond acceptors (Lipinski definition) is 2. The molecule has 0 radical (unpaired) electrons. The Morgan fingerprint density at radius 1 is 1.14 bits per heavy atom. The van der Waals surface area contributed by atoms with Crippen LogP contribution in [-0.4, -0.2) is 28.0 Å². The highest BCUT2D eigenvalue weighted by Gasteiger charge is 2.16. The molecule has 0 aliphatic carbocycles. The quantitative estimate of drug-likeness (QED) is 0.544. The normalized spacial score (nSPS) is 12.1. The van der Waals surface area contributed by atoms with Crippen molar-refractivity contribution in [3.63, 3.8) is 0 Å². The average Bonchev–Trinajstić information content (AvgIpc) is 3.03. The molecule has 1 aromatic heterocycles. The van der Waals surface area contributed by atoms with E-state index in [0.29, 0.717) is 12.8 Å². The molecule has 0 bridgehead atoms. The number of carboxylic acids is 1. The third kappa shape index (κ3) is 4.76. The Kier molecular flexibility index (Phi) is 6.09. The number of aromatic nitrogens is 1. The highest BCUT2D eigenvalue weighted by molar-refractivity contribution is 5.91. The van der Waals surface area contributed by atoms with Crippen molar-refractivity contribution in [2.75, 3.05) is 0 Å². The molecule has 5 nitrogen and oxygen atoms in total. The first-order chi connectivity index (χ1) is 13.4. The van der Waals surface area contributed by atoms with Gasteiger partial charge in [-0.25, -0.2) is 4.39 Å². The third-order valence-electron chi connectivity index (χ3n) is 4.73. The molecule has 6 heteroatoms. The number of nitrogens with one attached hydrogen (secondary N) is 2. The van der Waals surface area contributed by atoms with Crippen molar-refractivity contribution in [2.45, 2.75) is 38.6 Å². The number of carbonyl (C=O) groups excluding carboxylic acids is 1. The van der Waals surface area contributed by atoms with Crippen LogP contribution in [0.5, 0.6) is 0 Å². The fourth-order valence-corrected chi connectivity index (χ4v) is 3.33. The molecule has 0 fully saturated rings. The molecule has 1 amide bonds. The van der Waals surface area contributed by atoms with Crippen LogP contribution in [0.2, 0.25) is 0 Å². The number of amides is 1. The van der Waals surface area contributed by atoms with E-state index in [-0.39, 0.29) is 30.6 Å². The van der Waals surface area contributed by atoms with Crippen molar-refractivity contribution >= 4 is 22.8 Å². The van der Waals surface area contributed by atoms with Gasteiger partial charge in [-0.15, -0.1) is 0 Å². The van der Waals surface area contributed by atoms with Gasteiger partial charge in [-0.3, -0.25) is 9.59 Å². The Morgan fingerprint density at radius 3 is 2.61 bits per heavy atom. The third-order valence-corrected chi connectivity index (χ3v) is 4.73. The summed E-state index contributed by atoms with van der Waals surface area (Å²) in [4.78, 5) is 26.3.